The van der Waals surface area contributed by atoms with Crippen LogP contribution in [0.15, 0.2) is 57.9 Å². The molecule has 1 aromatic heterocycles. The second kappa shape index (κ2) is 8.98. The molecule has 150 valence electrons. The fourth-order valence-corrected chi connectivity index (χ4v) is 3.37. The Labute approximate surface area is 183 Å². The molecule has 0 unspecified atom stereocenters. The molecule has 0 saturated carbocycles. The van der Waals surface area contributed by atoms with Crippen molar-refractivity contribution in [3.63, 3.8) is 0 Å². The Balaban J connectivity index is 1.98. The van der Waals surface area contributed by atoms with Gasteiger partial charge in [0, 0.05) is 35.4 Å². The lowest BCUT2D eigenvalue weighted by molar-refractivity contribution is 0.0724. The third kappa shape index (κ3) is 5.18. The Hall–Kier alpha value is -2.35. The third-order valence-corrected chi connectivity index (χ3v) is 5.39. The van der Waals surface area contributed by atoms with E-state index in [1.807, 2.05) is 0 Å². The van der Waals surface area contributed by atoms with Crippen LogP contribution >= 0.6 is 39.1 Å². The van der Waals surface area contributed by atoms with Crippen LogP contribution in [0.2, 0.25) is 10.0 Å². The van der Waals surface area contributed by atoms with E-state index >= 15 is 0 Å². The smallest absolute Gasteiger partial charge is 0.259 e. The van der Waals surface area contributed by atoms with Gasteiger partial charge in [0.05, 0.1) is 15.6 Å². The average Bonchev–Trinajstić information content (AvgIpc) is 2.65. The number of aromatic hydroxyl groups is 1. The van der Waals surface area contributed by atoms with Crippen molar-refractivity contribution in [2.75, 3.05) is 0 Å². The number of aromatic nitrogens is 1. The quantitative estimate of drug-likeness (QED) is 0.511. The molecule has 0 aliphatic heterocycles. The van der Waals surface area contributed by atoms with E-state index in [4.69, 9.17) is 23.2 Å². The Morgan fingerprint density at radius 3 is 2.52 bits per heavy atom. The van der Waals surface area contributed by atoms with Gasteiger partial charge in [0.2, 0.25) is 0 Å². The third-order valence-electron chi connectivity index (χ3n) is 4.15. The van der Waals surface area contributed by atoms with Crippen LogP contribution in [0.25, 0.3) is 0 Å². The van der Waals surface area contributed by atoms with Crippen molar-refractivity contribution >= 4 is 45.0 Å². The topological polar surface area (TPSA) is 73.4 Å². The van der Waals surface area contributed by atoms with Crippen LogP contribution in [-0.4, -0.2) is 20.9 Å². The molecule has 5 nitrogen and oxygen atoms in total. The number of amides is 1. The number of carbonyl (C=O) groups is 1. The number of H-pyrrole nitrogens is 1. The lowest BCUT2D eigenvalue weighted by Gasteiger charge is -2.24. The Morgan fingerprint density at radius 1 is 1.10 bits per heavy atom. The van der Waals surface area contributed by atoms with Gasteiger partial charge in [0.15, 0.2) is 0 Å². The molecule has 0 saturated heterocycles. The number of hydrogen-bond acceptors (Lipinski definition) is 3. The van der Waals surface area contributed by atoms with E-state index in [-0.39, 0.29) is 24.2 Å². The molecule has 1 heterocycles. The van der Waals surface area contributed by atoms with Gasteiger partial charge in [-0.3, -0.25) is 9.59 Å². The number of nitrogens with zero attached hydrogens (tertiary/aromatic N) is 1. The molecule has 9 heteroatoms. The predicted octanol–water partition coefficient (Wildman–Crippen LogP) is 5.13. The van der Waals surface area contributed by atoms with Crippen LogP contribution < -0.4 is 5.56 Å². The first-order valence-corrected chi connectivity index (χ1v) is 9.88. The van der Waals surface area contributed by atoms with Crippen molar-refractivity contribution in [1.29, 1.82) is 0 Å². The van der Waals surface area contributed by atoms with Crippen molar-refractivity contribution in [3.8, 4) is 5.75 Å². The first-order chi connectivity index (χ1) is 13.7. The molecule has 2 aromatic carbocycles. The van der Waals surface area contributed by atoms with E-state index in [1.54, 1.807) is 30.3 Å². The van der Waals surface area contributed by atoms with Gasteiger partial charge in [0.25, 0.3) is 11.5 Å². The molecule has 0 aliphatic rings. The lowest BCUT2D eigenvalue weighted by Crippen LogP contribution is -2.31. The molecule has 29 heavy (non-hydrogen) atoms. The molecule has 0 fully saturated rings. The van der Waals surface area contributed by atoms with Gasteiger partial charge in [-0.25, -0.2) is 4.39 Å². The largest absolute Gasteiger partial charge is 0.507 e. The summed E-state index contributed by atoms with van der Waals surface area (Å²) in [5.41, 5.74) is 0.288. The number of rotatable bonds is 5. The predicted molar refractivity (Wildman–Crippen MR) is 113 cm³/mol. The minimum atomic E-state index is -0.591. The highest BCUT2D eigenvalue weighted by molar-refractivity contribution is 9.10. The number of nitrogens with one attached hydrogen (secondary N) is 1. The summed E-state index contributed by atoms with van der Waals surface area (Å²) in [5.74, 6) is -1.54. The highest BCUT2D eigenvalue weighted by Crippen LogP contribution is 2.26. The summed E-state index contributed by atoms with van der Waals surface area (Å²) in [7, 11) is 0. The summed E-state index contributed by atoms with van der Waals surface area (Å²) >= 11 is 15.2. The van der Waals surface area contributed by atoms with Crippen LogP contribution in [-0.2, 0) is 13.1 Å². The molecule has 0 atom stereocenters. The van der Waals surface area contributed by atoms with Gasteiger partial charge < -0.3 is 15.0 Å². The van der Waals surface area contributed by atoms with Gasteiger partial charge >= 0.3 is 0 Å². The summed E-state index contributed by atoms with van der Waals surface area (Å²) in [6.45, 7) is 0.000547. The number of halogens is 4. The average molecular weight is 500 g/mol. The summed E-state index contributed by atoms with van der Waals surface area (Å²) in [5, 5.41) is 10.7. The molecule has 3 aromatic rings. The highest BCUT2D eigenvalue weighted by atomic mass is 79.9. The van der Waals surface area contributed by atoms with E-state index in [0.29, 0.717) is 20.1 Å². The maximum atomic E-state index is 14.4. The van der Waals surface area contributed by atoms with E-state index in [1.165, 1.54) is 11.0 Å². The Kier molecular flexibility index (Phi) is 6.62. The number of aromatic amines is 1. The Morgan fingerprint density at radius 2 is 1.86 bits per heavy atom. The summed E-state index contributed by atoms with van der Waals surface area (Å²) in [6.07, 6.45) is 1.12. The van der Waals surface area contributed by atoms with Crippen LogP contribution in [0.5, 0.6) is 5.75 Å². The van der Waals surface area contributed by atoms with Crippen LogP contribution in [0.4, 0.5) is 4.39 Å². The SMILES string of the molecule is O=C(c1c[nH]c(=O)cc1O)N(Cc1ccc(Cl)c(Cl)c1)Cc1ccc(Br)cc1F. The zero-order valence-electron chi connectivity index (χ0n) is 14.8. The Bertz CT molecular complexity index is 1140. The van der Waals surface area contributed by atoms with E-state index in [2.05, 4.69) is 20.9 Å². The second-order valence-electron chi connectivity index (χ2n) is 6.24. The normalized spacial score (nSPS) is 10.8. The summed E-state index contributed by atoms with van der Waals surface area (Å²) in [6, 6.07) is 10.3. The zero-order valence-corrected chi connectivity index (χ0v) is 17.9. The van der Waals surface area contributed by atoms with Gasteiger partial charge in [-0.1, -0.05) is 51.3 Å². The molecule has 3 rings (SSSR count). The fourth-order valence-electron chi connectivity index (χ4n) is 2.72. The van der Waals surface area contributed by atoms with Gasteiger partial charge in [-0.05, 0) is 29.8 Å². The summed E-state index contributed by atoms with van der Waals surface area (Å²) < 4.78 is 14.9. The second-order valence-corrected chi connectivity index (χ2v) is 7.97. The van der Waals surface area contributed by atoms with Crippen molar-refractivity contribution in [3.05, 3.63) is 96.0 Å². The minimum absolute atomic E-state index is 0.0727. The molecular formula is C20H14BrCl2FN2O3. The van der Waals surface area contributed by atoms with Gasteiger partial charge in [-0.15, -0.1) is 0 Å². The molecule has 0 aliphatic carbocycles. The number of carbonyl (C=O) groups excluding carboxylic acids is 1. The molecular weight excluding hydrogens is 486 g/mol. The molecule has 0 spiro atoms. The van der Waals surface area contributed by atoms with E-state index < -0.39 is 23.0 Å². The lowest BCUT2D eigenvalue weighted by atomic mass is 10.1. The molecule has 0 radical (unpaired) electrons. The first-order valence-electron chi connectivity index (χ1n) is 8.33. The molecule has 2 N–H and O–H groups in total. The first kappa shape index (κ1) is 21.4. The number of benzene rings is 2. The van der Waals surface area contributed by atoms with Crippen LogP contribution in [0, 0.1) is 5.82 Å². The maximum absolute atomic E-state index is 14.4. The standard InChI is InChI=1S/C20H14BrCl2FN2O3/c21-13-3-2-12(17(24)6-13)10-26(9-11-1-4-15(22)16(23)5-11)20(29)14-8-25-19(28)7-18(14)27/h1-8H,9-10H2,(H2,25,27,28). The molecule has 0 bridgehead atoms. The van der Waals surface area contributed by atoms with Gasteiger partial charge in [0.1, 0.15) is 11.6 Å². The van der Waals surface area contributed by atoms with Crippen molar-refractivity contribution in [2.24, 2.45) is 0 Å². The fraction of sp³-hybridized carbons (Fsp3) is 0.100. The number of pyridine rings is 1. The van der Waals surface area contributed by atoms with Crippen molar-refractivity contribution in [1.82, 2.24) is 9.88 Å². The zero-order chi connectivity index (χ0) is 21.1. The van der Waals surface area contributed by atoms with Crippen molar-refractivity contribution < 1.29 is 14.3 Å². The van der Waals surface area contributed by atoms with E-state index in [0.717, 1.165) is 12.3 Å². The maximum Gasteiger partial charge on any atom is 0.259 e. The minimum Gasteiger partial charge on any atom is -0.507 e. The number of hydrogen-bond donors (Lipinski definition) is 2. The molecule has 1 amide bonds. The van der Waals surface area contributed by atoms with E-state index in [9.17, 15) is 19.1 Å². The van der Waals surface area contributed by atoms with Gasteiger partial charge in [-0.2, -0.15) is 0 Å². The monoisotopic (exact) mass is 498 g/mol. The van der Waals surface area contributed by atoms with Crippen molar-refractivity contribution in [2.45, 2.75) is 13.1 Å². The van der Waals surface area contributed by atoms with Crippen LogP contribution in [0.3, 0.4) is 0 Å². The van der Waals surface area contributed by atoms with Crippen LogP contribution in [0.1, 0.15) is 21.5 Å². The summed E-state index contributed by atoms with van der Waals surface area (Å²) in [4.78, 5) is 28.1. The highest BCUT2D eigenvalue weighted by Gasteiger charge is 2.22.